The Morgan fingerprint density at radius 1 is 1.09 bits per heavy atom. The number of nitrogens with one attached hydrogen (secondary N) is 1. The number of H-pyrrole nitrogens is 1. The van der Waals surface area contributed by atoms with Crippen molar-refractivity contribution < 1.29 is 14.3 Å². The number of aromatic amines is 1. The van der Waals surface area contributed by atoms with E-state index in [0.717, 1.165) is 35.5 Å². The number of imidazole rings is 1. The zero-order valence-electron chi connectivity index (χ0n) is 19.4. The number of methoxy groups -OCH3 is 1. The molecule has 0 unspecified atom stereocenters. The van der Waals surface area contributed by atoms with E-state index >= 15 is 0 Å². The molecule has 1 saturated heterocycles. The maximum Gasteiger partial charge on any atom is 0.267 e. The van der Waals surface area contributed by atoms with Crippen molar-refractivity contribution in [3.8, 4) is 17.0 Å². The molecule has 0 spiro atoms. The van der Waals surface area contributed by atoms with Gasteiger partial charge >= 0.3 is 0 Å². The van der Waals surface area contributed by atoms with Gasteiger partial charge in [0, 0.05) is 24.6 Å². The maximum absolute atomic E-state index is 12.8. The van der Waals surface area contributed by atoms with Crippen LogP contribution >= 0.6 is 0 Å². The highest BCUT2D eigenvalue weighted by Gasteiger charge is 2.28. The molecule has 3 N–H and O–H groups in total. The molecule has 0 bridgehead atoms. The molecule has 2 heterocycles. The van der Waals surface area contributed by atoms with Gasteiger partial charge in [0.25, 0.3) is 5.91 Å². The van der Waals surface area contributed by atoms with E-state index in [2.05, 4.69) is 31.0 Å². The molecule has 7 heteroatoms. The van der Waals surface area contributed by atoms with Gasteiger partial charge in [-0.05, 0) is 67.6 Å². The van der Waals surface area contributed by atoms with E-state index in [1.807, 2.05) is 35.2 Å². The Morgan fingerprint density at radius 3 is 2.39 bits per heavy atom. The van der Waals surface area contributed by atoms with Crippen molar-refractivity contribution in [2.24, 2.45) is 5.73 Å². The van der Waals surface area contributed by atoms with Crippen LogP contribution in [0.15, 0.2) is 42.5 Å². The van der Waals surface area contributed by atoms with Crippen LogP contribution in [0.5, 0.6) is 5.75 Å². The molecule has 0 saturated carbocycles. The summed E-state index contributed by atoms with van der Waals surface area (Å²) in [5, 5.41) is 0. The normalized spacial score (nSPS) is 14.3. The second-order valence-electron chi connectivity index (χ2n) is 8.69. The average Bonchev–Trinajstić information content (AvgIpc) is 3.27. The lowest BCUT2D eigenvalue weighted by atomic mass is 9.95. The van der Waals surface area contributed by atoms with Gasteiger partial charge in [-0.15, -0.1) is 0 Å². The molecule has 4 rings (SSSR count). The Morgan fingerprint density at radius 2 is 1.79 bits per heavy atom. The molecule has 1 aromatic heterocycles. The van der Waals surface area contributed by atoms with Crippen LogP contribution in [0.25, 0.3) is 11.3 Å². The number of hydrogen-bond acceptors (Lipinski definition) is 4. The molecule has 0 radical (unpaired) electrons. The summed E-state index contributed by atoms with van der Waals surface area (Å²) in [6, 6.07) is 13.6. The minimum atomic E-state index is -0.541. The molecule has 7 nitrogen and oxygen atoms in total. The van der Waals surface area contributed by atoms with E-state index in [0.29, 0.717) is 30.9 Å². The van der Waals surface area contributed by atoms with E-state index in [1.165, 1.54) is 11.1 Å². The standard InChI is InChI=1S/C26H30N4O3/c1-16-4-5-18(14-17(16)2)15-22(31)30-12-10-20(11-13-30)26-28-23(24(29-26)25(27)32)19-6-8-21(33-3)9-7-19/h4-9,14,20H,10-13,15H2,1-3H3,(H2,27,32)(H,28,29). The second-order valence-corrected chi connectivity index (χ2v) is 8.69. The molecule has 2 aromatic carbocycles. The average molecular weight is 447 g/mol. The van der Waals surface area contributed by atoms with Crippen molar-refractivity contribution in [2.75, 3.05) is 20.2 Å². The third kappa shape index (κ3) is 4.92. The van der Waals surface area contributed by atoms with Crippen molar-refractivity contribution in [3.05, 3.63) is 70.7 Å². The van der Waals surface area contributed by atoms with Crippen molar-refractivity contribution >= 4 is 11.8 Å². The Hall–Kier alpha value is -3.61. The van der Waals surface area contributed by atoms with Crippen LogP contribution in [0.4, 0.5) is 0 Å². The SMILES string of the molecule is COc1ccc(-c2nc(C3CCN(C(=O)Cc4ccc(C)c(C)c4)CC3)[nH]c2C(N)=O)cc1. The fourth-order valence-corrected chi connectivity index (χ4v) is 4.32. The quantitative estimate of drug-likeness (QED) is 0.602. The van der Waals surface area contributed by atoms with E-state index in [1.54, 1.807) is 7.11 Å². The van der Waals surface area contributed by atoms with Crippen LogP contribution in [0.3, 0.4) is 0 Å². The van der Waals surface area contributed by atoms with Crippen LogP contribution in [-0.2, 0) is 11.2 Å². The van der Waals surface area contributed by atoms with Gasteiger partial charge in [-0.3, -0.25) is 9.59 Å². The third-order valence-corrected chi connectivity index (χ3v) is 6.49. The zero-order chi connectivity index (χ0) is 23.5. The Bertz CT molecular complexity index is 1160. The Labute approximate surface area is 194 Å². The number of carbonyl (C=O) groups is 2. The monoisotopic (exact) mass is 446 g/mol. The first-order chi connectivity index (χ1) is 15.9. The first kappa shape index (κ1) is 22.6. The lowest BCUT2D eigenvalue weighted by Gasteiger charge is -2.31. The van der Waals surface area contributed by atoms with Crippen LogP contribution in [0, 0.1) is 13.8 Å². The summed E-state index contributed by atoms with van der Waals surface area (Å²) in [5.41, 5.74) is 10.8. The number of carbonyl (C=O) groups excluding carboxylic acids is 2. The number of ether oxygens (including phenoxy) is 1. The number of primary amides is 1. The number of likely N-dealkylation sites (tertiary alicyclic amines) is 1. The second kappa shape index (κ2) is 9.48. The smallest absolute Gasteiger partial charge is 0.267 e. The van der Waals surface area contributed by atoms with E-state index in [9.17, 15) is 9.59 Å². The van der Waals surface area contributed by atoms with Crippen molar-refractivity contribution in [1.29, 1.82) is 0 Å². The summed E-state index contributed by atoms with van der Waals surface area (Å²) in [7, 11) is 1.61. The lowest BCUT2D eigenvalue weighted by Crippen LogP contribution is -2.39. The molecule has 0 atom stereocenters. The van der Waals surface area contributed by atoms with E-state index in [-0.39, 0.29) is 11.8 Å². The number of nitrogens with two attached hydrogens (primary N) is 1. The molecule has 3 aromatic rings. The first-order valence-electron chi connectivity index (χ1n) is 11.2. The van der Waals surface area contributed by atoms with Crippen LogP contribution < -0.4 is 10.5 Å². The van der Waals surface area contributed by atoms with E-state index in [4.69, 9.17) is 15.5 Å². The zero-order valence-corrected chi connectivity index (χ0v) is 19.4. The number of nitrogens with zero attached hydrogens (tertiary/aromatic N) is 2. The molecule has 1 aliphatic rings. The number of amides is 2. The number of rotatable bonds is 6. The highest BCUT2D eigenvalue weighted by Crippen LogP contribution is 2.31. The summed E-state index contributed by atoms with van der Waals surface area (Å²) >= 11 is 0. The molecular weight excluding hydrogens is 416 g/mol. The van der Waals surface area contributed by atoms with Crippen molar-refractivity contribution in [2.45, 2.75) is 39.0 Å². The fourth-order valence-electron chi connectivity index (χ4n) is 4.32. The predicted octanol–water partition coefficient (Wildman–Crippen LogP) is 3.75. The van der Waals surface area contributed by atoms with Gasteiger partial charge in [0.15, 0.2) is 0 Å². The van der Waals surface area contributed by atoms with Crippen LogP contribution in [0.1, 0.15) is 51.8 Å². The largest absolute Gasteiger partial charge is 0.497 e. The first-order valence-corrected chi connectivity index (χ1v) is 11.2. The van der Waals surface area contributed by atoms with Crippen molar-refractivity contribution in [3.63, 3.8) is 0 Å². The summed E-state index contributed by atoms with van der Waals surface area (Å²) < 4.78 is 5.21. The number of hydrogen-bond donors (Lipinski definition) is 2. The highest BCUT2D eigenvalue weighted by molar-refractivity contribution is 5.97. The van der Waals surface area contributed by atoms with Gasteiger partial charge in [-0.2, -0.15) is 0 Å². The third-order valence-electron chi connectivity index (χ3n) is 6.49. The highest BCUT2D eigenvalue weighted by atomic mass is 16.5. The fraction of sp³-hybridized carbons (Fsp3) is 0.346. The van der Waals surface area contributed by atoms with Gasteiger partial charge in [-0.1, -0.05) is 18.2 Å². The Balaban J connectivity index is 1.44. The minimum Gasteiger partial charge on any atom is -0.497 e. The number of aromatic nitrogens is 2. The molecule has 0 aliphatic carbocycles. The maximum atomic E-state index is 12.8. The van der Waals surface area contributed by atoms with Gasteiger partial charge < -0.3 is 20.4 Å². The summed E-state index contributed by atoms with van der Waals surface area (Å²) in [4.78, 5) is 34.7. The molecule has 2 amide bonds. The van der Waals surface area contributed by atoms with E-state index < -0.39 is 5.91 Å². The number of piperidine rings is 1. The van der Waals surface area contributed by atoms with Gasteiger partial charge in [0.05, 0.1) is 13.5 Å². The predicted molar refractivity (Wildman–Crippen MR) is 127 cm³/mol. The minimum absolute atomic E-state index is 0.140. The van der Waals surface area contributed by atoms with Gasteiger partial charge in [0.2, 0.25) is 5.91 Å². The number of benzene rings is 2. The summed E-state index contributed by atoms with van der Waals surface area (Å²) in [6.45, 7) is 5.47. The summed E-state index contributed by atoms with van der Waals surface area (Å²) in [6.07, 6.45) is 1.98. The summed E-state index contributed by atoms with van der Waals surface area (Å²) in [5.74, 6) is 1.22. The molecule has 1 fully saturated rings. The molecule has 172 valence electrons. The molecule has 33 heavy (non-hydrogen) atoms. The number of aryl methyl sites for hydroxylation is 2. The van der Waals surface area contributed by atoms with Gasteiger partial charge in [0.1, 0.15) is 23.0 Å². The Kier molecular flexibility index (Phi) is 6.49. The van der Waals surface area contributed by atoms with Crippen LogP contribution in [-0.4, -0.2) is 46.9 Å². The van der Waals surface area contributed by atoms with Crippen LogP contribution in [0.2, 0.25) is 0 Å². The van der Waals surface area contributed by atoms with Crippen molar-refractivity contribution in [1.82, 2.24) is 14.9 Å². The lowest BCUT2D eigenvalue weighted by molar-refractivity contribution is -0.131. The molecular formula is C26H30N4O3. The van der Waals surface area contributed by atoms with Gasteiger partial charge in [-0.25, -0.2) is 4.98 Å². The topological polar surface area (TPSA) is 101 Å². The molecule has 1 aliphatic heterocycles.